The monoisotopic (exact) mass is 279 g/mol. The summed E-state index contributed by atoms with van der Waals surface area (Å²) in [5.41, 5.74) is 0.135. The Balaban J connectivity index is 2.20. The largest absolute Gasteiger partial charge is 0.507 e. The van der Waals surface area contributed by atoms with Gasteiger partial charge in [0.25, 0.3) is 5.91 Å². The summed E-state index contributed by atoms with van der Waals surface area (Å²) in [7, 11) is 1.47. The molecular weight excluding hydrogens is 262 g/mol. The molecule has 2 N–H and O–H groups in total. The lowest BCUT2D eigenvalue weighted by molar-refractivity contribution is -0.143. The van der Waals surface area contributed by atoms with Crippen LogP contribution in [0.2, 0.25) is 0 Å². The standard InChI is InChI=1S/C14H17NO5/c1-20-10-4-5-12(16)11(7-10)13(17)15-6-2-3-9(8-15)14(18)19/h4-5,7,9,16H,2-3,6,8H2,1H3,(H,18,19)/t9-/m0/s1. The van der Waals surface area contributed by atoms with Gasteiger partial charge < -0.3 is 19.8 Å². The molecule has 20 heavy (non-hydrogen) atoms. The van der Waals surface area contributed by atoms with Crippen molar-refractivity contribution in [1.29, 1.82) is 0 Å². The smallest absolute Gasteiger partial charge is 0.308 e. The number of aliphatic carboxylic acids is 1. The Morgan fingerprint density at radius 2 is 2.15 bits per heavy atom. The van der Waals surface area contributed by atoms with E-state index in [1.807, 2.05) is 0 Å². The number of benzene rings is 1. The molecule has 108 valence electrons. The molecule has 1 atom stereocenters. The number of carboxylic acids is 1. The predicted molar refractivity (Wildman–Crippen MR) is 70.9 cm³/mol. The first kappa shape index (κ1) is 14.2. The van der Waals surface area contributed by atoms with Crippen LogP contribution in [0.1, 0.15) is 23.2 Å². The van der Waals surface area contributed by atoms with Crippen molar-refractivity contribution in [3.05, 3.63) is 23.8 Å². The van der Waals surface area contributed by atoms with Crippen LogP contribution in [0.3, 0.4) is 0 Å². The zero-order valence-corrected chi connectivity index (χ0v) is 11.2. The Hall–Kier alpha value is -2.24. The number of methoxy groups -OCH3 is 1. The van der Waals surface area contributed by atoms with Gasteiger partial charge in [-0.25, -0.2) is 0 Å². The molecule has 0 aliphatic carbocycles. The van der Waals surface area contributed by atoms with Crippen LogP contribution < -0.4 is 4.74 Å². The quantitative estimate of drug-likeness (QED) is 0.871. The number of nitrogens with zero attached hydrogens (tertiary/aromatic N) is 1. The lowest BCUT2D eigenvalue weighted by Gasteiger charge is -2.31. The molecule has 0 spiro atoms. The minimum absolute atomic E-state index is 0.131. The first-order valence-corrected chi connectivity index (χ1v) is 6.42. The zero-order chi connectivity index (χ0) is 14.7. The third-order valence-corrected chi connectivity index (χ3v) is 3.49. The van der Waals surface area contributed by atoms with Gasteiger partial charge in [-0.2, -0.15) is 0 Å². The van der Waals surface area contributed by atoms with E-state index in [9.17, 15) is 14.7 Å². The van der Waals surface area contributed by atoms with E-state index < -0.39 is 11.9 Å². The molecule has 0 saturated carbocycles. The molecule has 0 unspecified atom stereocenters. The third kappa shape index (κ3) is 2.84. The van der Waals surface area contributed by atoms with Gasteiger partial charge in [0.1, 0.15) is 11.5 Å². The molecule has 0 aromatic heterocycles. The Kier molecular flexibility index (Phi) is 4.12. The van der Waals surface area contributed by atoms with Gasteiger partial charge in [-0.3, -0.25) is 9.59 Å². The highest BCUT2D eigenvalue weighted by Gasteiger charge is 2.29. The Bertz CT molecular complexity index is 528. The molecule has 1 aromatic carbocycles. The van der Waals surface area contributed by atoms with Gasteiger partial charge in [0.15, 0.2) is 0 Å². The Morgan fingerprint density at radius 3 is 2.80 bits per heavy atom. The van der Waals surface area contributed by atoms with E-state index in [-0.39, 0.29) is 23.8 Å². The van der Waals surface area contributed by atoms with Crippen LogP contribution in [0.25, 0.3) is 0 Å². The van der Waals surface area contributed by atoms with Gasteiger partial charge in [0.05, 0.1) is 18.6 Å². The molecule has 1 aromatic rings. The molecule has 1 aliphatic rings. The number of amides is 1. The van der Waals surface area contributed by atoms with E-state index in [1.165, 1.54) is 24.1 Å². The molecule has 6 heteroatoms. The number of aromatic hydroxyl groups is 1. The molecular formula is C14H17NO5. The zero-order valence-electron chi connectivity index (χ0n) is 11.2. The van der Waals surface area contributed by atoms with Crippen molar-refractivity contribution in [2.24, 2.45) is 5.92 Å². The van der Waals surface area contributed by atoms with Crippen molar-refractivity contribution in [3.63, 3.8) is 0 Å². The van der Waals surface area contributed by atoms with Gasteiger partial charge in [-0.15, -0.1) is 0 Å². The van der Waals surface area contributed by atoms with Gasteiger partial charge >= 0.3 is 5.97 Å². The second kappa shape index (κ2) is 5.81. The summed E-state index contributed by atoms with van der Waals surface area (Å²) in [6, 6.07) is 4.41. The molecule has 0 bridgehead atoms. The van der Waals surface area contributed by atoms with Crippen LogP contribution in [0, 0.1) is 5.92 Å². The van der Waals surface area contributed by atoms with Gasteiger partial charge in [-0.05, 0) is 31.0 Å². The Morgan fingerprint density at radius 1 is 1.40 bits per heavy atom. The van der Waals surface area contributed by atoms with Crippen LogP contribution in [-0.2, 0) is 4.79 Å². The van der Waals surface area contributed by atoms with Crippen LogP contribution in [0.15, 0.2) is 18.2 Å². The minimum atomic E-state index is -0.891. The average Bonchev–Trinajstić information content (AvgIpc) is 2.47. The third-order valence-electron chi connectivity index (χ3n) is 3.49. The minimum Gasteiger partial charge on any atom is -0.507 e. The van der Waals surface area contributed by atoms with Gasteiger partial charge in [-0.1, -0.05) is 0 Å². The maximum absolute atomic E-state index is 12.4. The first-order valence-electron chi connectivity index (χ1n) is 6.42. The summed E-state index contributed by atoms with van der Waals surface area (Å²) >= 11 is 0. The lowest BCUT2D eigenvalue weighted by Crippen LogP contribution is -2.42. The lowest BCUT2D eigenvalue weighted by atomic mass is 9.97. The second-order valence-corrected chi connectivity index (χ2v) is 4.81. The fraction of sp³-hybridized carbons (Fsp3) is 0.429. The highest BCUT2D eigenvalue weighted by molar-refractivity contribution is 5.97. The molecule has 1 amide bonds. The van der Waals surface area contributed by atoms with Crippen molar-refractivity contribution in [1.82, 2.24) is 4.90 Å². The molecule has 1 heterocycles. The summed E-state index contributed by atoms with van der Waals surface area (Å²) < 4.78 is 5.03. The van der Waals surface area contributed by atoms with Gasteiger partial charge in [0.2, 0.25) is 0 Å². The topological polar surface area (TPSA) is 87.1 Å². The van der Waals surface area contributed by atoms with E-state index in [0.717, 1.165) is 0 Å². The summed E-state index contributed by atoms with van der Waals surface area (Å²) in [5.74, 6) is -1.46. The number of likely N-dealkylation sites (tertiary alicyclic amines) is 1. The number of phenols is 1. The van der Waals surface area contributed by atoms with Crippen LogP contribution in [0.5, 0.6) is 11.5 Å². The highest BCUT2D eigenvalue weighted by atomic mass is 16.5. The van der Waals surface area contributed by atoms with Crippen molar-refractivity contribution >= 4 is 11.9 Å². The summed E-state index contributed by atoms with van der Waals surface area (Å²) in [6.45, 7) is 0.671. The van der Waals surface area contributed by atoms with E-state index in [1.54, 1.807) is 6.07 Å². The van der Waals surface area contributed by atoms with Crippen molar-refractivity contribution in [2.45, 2.75) is 12.8 Å². The van der Waals surface area contributed by atoms with Crippen molar-refractivity contribution < 1.29 is 24.5 Å². The molecule has 0 radical (unpaired) electrons. The Labute approximate surface area is 116 Å². The number of ether oxygens (including phenoxy) is 1. The predicted octanol–water partition coefficient (Wildman–Crippen LogP) is 1.34. The first-order chi connectivity index (χ1) is 9.52. The number of carboxylic acid groups (broad SMARTS) is 1. The maximum atomic E-state index is 12.4. The van der Waals surface area contributed by atoms with E-state index in [2.05, 4.69) is 0 Å². The number of hydrogen-bond donors (Lipinski definition) is 2. The van der Waals surface area contributed by atoms with E-state index in [4.69, 9.17) is 9.84 Å². The normalized spacial score (nSPS) is 18.6. The number of carbonyl (C=O) groups excluding carboxylic acids is 1. The molecule has 2 rings (SSSR count). The highest BCUT2D eigenvalue weighted by Crippen LogP contribution is 2.26. The van der Waals surface area contributed by atoms with Crippen LogP contribution in [0.4, 0.5) is 0 Å². The van der Waals surface area contributed by atoms with Crippen molar-refractivity contribution in [3.8, 4) is 11.5 Å². The van der Waals surface area contributed by atoms with E-state index >= 15 is 0 Å². The second-order valence-electron chi connectivity index (χ2n) is 4.81. The van der Waals surface area contributed by atoms with Crippen LogP contribution >= 0.6 is 0 Å². The molecule has 1 fully saturated rings. The van der Waals surface area contributed by atoms with Crippen molar-refractivity contribution in [2.75, 3.05) is 20.2 Å². The fourth-order valence-corrected chi connectivity index (χ4v) is 2.35. The maximum Gasteiger partial charge on any atom is 0.308 e. The molecule has 6 nitrogen and oxygen atoms in total. The number of hydrogen-bond acceptors (Lipinski definition) is 4. The van der Waals surface area contributed by atoms with E-state index in [0.29, 0.717) is 25.1 Å². The average molecular weight is 279 g/mol. The summed E-state index contributed by atoms with van der Waals surface area (Å²) in [5, 5.41) is 18.8. The number of rotatable bonds is 3. The number of phenolic OH excluding ortho intramolecular Hbond substituents is 1. The fourth-order valence-electron chi connectivity index (χ4n) is 2.35. The number of carbonyl (C=O) groups is 2. The van der Waals surface area contributed by atoms with Crippen LogP contribution in [-0.4, -0.2) is 47.2 Å². The summed E-state index contributed by atoms with van der Waals surface area (Å²) in [6.07, 6.45) is 1.22. The molecule has 1 saturated heterocycles. The molecule has 1 aliphatic heterocycles. The number of piperidine rings is 1. The summed E-state index contributed by atoms with van der Waals surface area (Å²) in [4.78, 5) is 24.9. The SMILES string of the molecule is COc1ccc(O)c(C(=O)N2CCC[C@H](C(=O)O)C2)c1. The van der Waals surface area contributed by atoms with Gasteiger partial charge in [0, 0.05) is 13.1 Å².